The predicted octanol–water partition coefficient (Wildman–Crippen LogP) is 2.23. The van der Waals surface area contributed by atoms with Gasteiger partial charge in [-0.3, -0.25) is 4.90 Å². The number of nitrogens with zero attached hydrogens (tertiary/aromatic N) is 1. The second-order valence-corrected chi connectivity index (χ2v) is 5.75. The van der Waals surface area contributed by atoms with E-state index >= 15 is 0 Å². The summed E-state index contributed by atoms with van der Waals surface area (Å²) in [6.07, 6.45) is 7.90. The van der Waals surface area contributed by atoms with E-state index in [-0.39, 0.29) is 0 Å². The monoisotopic (exact) mass is 197 g/mol. The molecular weight excluding hydrogens is 178 g/mol. The molecule has 0 amide bonds. The van der Waals surface area contributed by atoms with Crippen LogP contribution in [0.2, 0.25) is 0 Å². The molecule has 74 valence electrons. The van der Waals surface area contributed by atoms with E-state index in [1.54, 1.807) is 0 Å². The number of hydrogen-bond donors (Lipinski definition) is 0. The molecule has 1 saturated heterocycles. The van der Waals surface area contributed by atoms with Gasteiger partial charge in [-0.25, -0.2) is 0 Å². The lowest BCUT2D eigenvalue weighted by atomic mass is 10.1. The van der Waals surface area contributed by atoms with Crippen molar-refractivity contribution in [2.24, 2.45) is 0 Å². The van der Waals surface area contributed by atoms with Gasteiger partial charge >= 0.3 is 0 Å². The summed E-state index contributed by atoms with van der Waals surface area (Å²) in [5.41, 5.74) is 0. The molecule has 0 aromatic carbocycles. The van der Waals surface area contributed by atoms with Crippen LogP contribution in [0.5, 0.6) is 0 Å². The standard InChI is InChI=1S/C11H19NS/c1-4-7-12-8-5-11(6-9-12)13-10(2)3/h1,10-11H,5-9H2,2-3H3. The van der Waals surface area contributed by atoms with E-state index in [0.29, 0.717) is 0 Å². The van der Waals surface area contributed by atoms with Gasteiger partial charge in [0, 0.05) is 18.3 Å². The summed E-state index contributed by atoms with van der Waals surface area (Å²) in [6, 6.07) is 0. The molecule has 1 aliphatic rings. The second kappa shape index (κ2) is 5.57. The topological polar surface area (TPSA) is 3.24 Å². The lowest BCUT2D eigenvalue weighted by Gasteiger charge is -2.30. The largest absolute Gasteiger partial charge is 0.292 e. The van der Waals surface area contributed by atoms with E-state index in [9.17, 15) is 0 Å². The highest BCUT2D eigenvalue weighted by molar-refractivity contribution is 8.00. The fraction of sp³-hybridized carbons (Fsp3) is 0.818. The molecule has 13 heavy (non-hydrogen) atoms. The summed E-state index contributed by atoms with van der Waals surface area (Å²) in [6.45, 7) is 7.76. The van der Waals surface area contributed by atoms with Crippen molar-refractivity contribution in [1.29, 1.82) is 0 Å². The van der Waals surface area contributed by atoms with Crippen LogP contribution in [0.15, 0.2) is 0 Å². The molecule has 0 saturated carbocycles. The maximum atomic E-state index is 5.28. The maximum absolute atomic E-state index is 5.28. The Morgan fingerprint density at radius 3 is 2.54 bits per heavy atom. The van der Waals surface area contributed by atoms with Crippen LogP contribution in [0, 0.1) is 12.3 Å². The Bertz CT molecular complexity index is 175. The van der Waals surface area contributed by atoms with Gasteiger partial charge in [-0.15, -0.1) is 6.42 Å². The van der Waals surface area contributed by atoms with Crippen molar-refractivity contribution in [1.82, 2.24) is 4.90 Å². The molecule has 1 rings (SSSR count). The average molecular weight is 197 g/mol. The van der Waals surface area contributed by atoms with Gasteiger partial charge in [-0.2, -0.15) is 11.8 Å². The van der Waals surface area contributed by atoms with Crippen molar-refractivity contribution in [3.63, 3.8) is 0 Å². The summed E-state index contributed by atoms with van der Waals surface area (Å²) in [4.78, 5) is 2.37. The average Bonchev–Trinajstić information content (AvgIpc) is 2.08. The second-order valence-electron chi connectivity index (χ2n) is 3.86. The SMILES string of the molecule is C#CCN1CCC(SC(C)C)CC1. The molecule has 2 heteroatoms. The molecule has 0 atom stereocenters. The maximum Gasteiger partial charge on any atom is 0.0598 e. The van der Waals surface area contributed by atoms with Crippen molar-refractivity contribution >= 4 is 11.8 Å². The predicted molar refractivity (Wildman–Crippen MR) is 61.0 cm³/mol. The zero-order chi connectivity index (χ0) is 9.68. The quantitative estimate of drug-likeness (QED) is 0.638. The first kappa shape index (κ1) is 10.9. The Morgan fingerprint density at radius 2 is 2.08 bits per heavy atom. The zero-order valence-electron chi connectivity index (χ0n) is 8.62. The van der Waals surface area contributed by atoms with Crippen LogP contribution < -0.4 is 0 Å². The zero-order valence-corrected chi connectivity index (χ0v) is 9.44. The number of piperidine rings is 1. The van der Waals surface area contributed by atoms with Crippen molar-refractivity contribution in [2.45, 2.75) is 37.2 Å². The van der Waals surface area contributed by atoms with Gasteiger partial charge in [0.1, 0.15) is 0 Å². The first-order valence-corrected chi connectivity index (χ1v) is 5.98. The molecule has 0 aromatic rings. The van der Waals surface area contributed by atoms with E-state index in [1.807, 2.05) is 0 Å². The highest BCUT2D eigenvalue weighted by Gasteiger charge is 2.19. The molecule has 0 spiro atoms. The van der Waals surface area contributed by atoms with Gasteiger partial charge in [-0.1, -0.05) is 19.8 Å². The first-order valence-electron chi connectivity index (χ1n) is 5.03. The third kappa shape index (κ3) is 4.06. The van der Waals surface area contributed by atoms with Crippen molar-refractivity contribution in [3.05, 3.63) is 0 Å². The van der Waals surface area contributed by atoms with Crippen molar-refractivity contribution in [3.8, 4) is 12.3 Å². The molecule has 1 aliphatic heterocycles. The molecule has 1 nitrogen and oxygen atoms in total. The van der Waals surface area contributed by atoms with Gasteiger partial charge in [0.15, 0.2) is 0 Å². The van der Waals surface area contributed by atoms with Crippen LogP contribution in [0.25, 0.3) is 0 Å². The summed E-state index contributed by atoms with van der Waals surface area (Å²) in [7, 11) is 0. The Morgan fingerprint density at radius 1 is 1.46 bits per heavy atom. The number of hydrogen-bond acceptors (Lipinski definition) is 2. The molecule has 0 radical (unpaired) electrons. The first-order chi connectivity index (χ1) is 6.22. The normalized spacial score (nSPS) is 20.5. The Balaban J connectivity index is 2.19. The third-order valence-corrected chi connectivity index (χ3v) is 3.71. The van der Waals surface area contributed by atoms with Gasteiger partial charge in [-0.05, 0) is 18.1 Å². The van der Waals surface area contributed by atoms with Crippen LogP contribution in [0.1, 0.15) is 26.7 Å². The number of rotatable bonds is 3. The van der Waals surface area contributed by atoms with E-state index in [0.717, 1.165) is 17.0 Å². The molecule has 0 N–H and O–H groups in total. The Kier molecular flexibility index (Phi) is 4.69. The molecule has 0 aromatic heterocycles. The summed E-state index contributed by atoms with van der Waals surface area (Å²) >= 11 is 2.12. The van der Waals surface area contributed by atoms with E-state index < -0.39 is 0 Å². The van der Waals surface area contributed by atoms with Crippen LogP contribution in [0.4, 0.5) is 0 Å². The molecule has 0 aliphatic carbocycles. The van der Waals surface area contributed by atoms with Gasteiger partial charge in [0.2, 0.25) is 0 Å². The number of thioether (sulfide) groups is 1. The summed E-state index contributed by atoms with van der Waals surface area (Å²) < 4.78 is 0. The fourth-order valence-corrected chi connectivity index (χ4v) is 2.97. The highest BCUT2D eigenvalue weighted by atomic mass is 32.2. The van der Waals surface area contributed by atoms with Crippen molar-refractivity contribution < 1.29 is 0 Å². The minimum Gasteiger partial charge on any atom is -0.292 e. The highest BCUT2D eigenvalue weighted by Crippen LogP contribution is 2.26. The molecule has 1 heterocycles. The van der Waals surface area contributed by atoms with Gasteiger partial charge in [0.05, 0.1) is 6.54 Å². The number of terminal acetylenes is 1. The smallest absolute Gasteiger partial charge is 0.0598 e. The van der Waals surface area contributed by atoms with E-state index in [4.69, 9.17) is 6.42 Å². The minimum atomic E-state index is 0.768. The van der Waals surface area contributed by atoms with Crippen molar-refractivity contribution in [2.75, 3.05) is 19.6 Å². The third-order valence-electron chi connectivity index (χ3n) is 2.31. The van der Waals surface area contributed by atoms with E-state index in [1.165, 1.54) is 25.9 Å². The van der Waals surface area contributed by atoms with Gasteiger partial charge < -0.3 is 0 Å². The van der Waals surface area contributed by atoms with Gasteiger partial charge in [0.25, 0.3) is 0 Å². The lowest BCUT2D eigenvalue weighted by Crippen LogP contribution is -2.35. The summed E-state index contributed by atoms with van der Waals surface area (Å²) in [5.74, 6) is 2.71. The Hall–Kier alpha value is -0.130. The molecule has 1 fully saturated rings. The molecular formula is C11H19NS. The van der Waals surface area contributed by atoms with Crippen LogP contribution >= 0.6 is 11.8 Å². The number of likely N-dealkylation sites (tertiary alicyclic amines) is 1. The molecule has 0 unspecified atom stereocenters. The lowest BCUT2D eigenvalue weighted by molar-refractivity contribution is 0.259. The molecule has 0 bridgehead atoms. The van der Waals surface area contributed by atoms with Crippen LogP contribution in [0.3, 0.4) is 0 Å². The van der Waals surface area contributed by atoms with E-state index in [2.05, 4.69) is 36.4 Å². The fourth-order valence-electron chi connectivity index (χ4n) is 1.72. The summed E-state index contributed by atoms with van der Waals surface area (Å²) in [5, 5.41) is 1.64. The Labute approximate surface area is 86.3 Å². The van der Waals surface area contributed by atoms with Crippen LogP contribution in [-0.2, 0) is 0 Å². The van der Waals surface area contributed by atoms with Crippen LogP contribution in [-0.4, -0.2) is 35.0 Å². The minimum absolute atomic E-state index is 0.768.